The summed E-state index contributed by atoms with van der Waals surface area (Å²) >= 11 is 0. The van der Waals surface area contributed by atoms with E-state index in [0.717, 1.165) is 0 Å². The predicted molar refractivity (Wildman–Crippen MR) is 105 cm³/mol. The summed E-state index contributed by atoms with van der Waals surface area (Å²) in [6, 6.07) is 0. The normalized spacial score (nSPS) is 41.5. The van der Waals surface area contributed by atoms with Crippen LogP contribution in [0.2, 0.25) is 0 Å². The van der Waals surface area contributed by atoms with Crippen molar-refractivity contribution in [3.05, 3.63) is 23.5 Å². The minimum absolute atomic E-state index is 0.0127. The molecule has 2 N–H and O–H groups in total. The second-order valence-corrected chi connectivity index (χ2v) is 8.84. The standard InChI is InChI=1S/C22H32O7/c1-6-13-16-9-15(23)12(3)20(27-5)18(25)19-11(2)10-22(4,29-19)8-7-14(17(13)24)21(26)28-16/h11,13,16,18-20,24-25H,3,6-10H2,1-2,4-5H3/t11-,13+,16+,18-,19+,20-,22-/m0/s1. The van der Waals surface area contributed by atoms with E-state index in [-0.39, 0.29) is 35.0 Å². The Bertz CT molecular complexity index is 727. The molecule has 0 aromatic carbocycles. The SMILES string of the molecule is C=C1C(=O)C[C@H]2OC(=O)C(=C(O)[C@@H]2CC)CC[C@@]2(C)C[C@H](C)[C@@H](O2)[C@H](O)[C@H]1OC. The van der Waals surface area contributed by atoms with Crippen LogP contribution in [0, 0.1) is 11.8 Å². The summed E-state index contributed by atoms with van der Waals surface area (Å²) < 4.78 is 17.2. The molecule has 29 heavy (non-hydrogen) atoms. The summed E-state index contributed by atoms with van der Waals surface area (Å²) in [5.74, 6) is -1.36. The summed E-state index contributed by atoms with van der Waals surface area (Å²) in [6.07, 6.45) is -1.34. The van der Waals surface area contributed by atoms with Crippen LogP contribution in [-0.4, -0.2) is 59.1 Å². The largest absolute Gasteiger partial charge is 0.511 e. The number of aliphatic hydroxyl groups is 2. The zero-order valence-electron chi connectivity index (χ0n) is 17.6. The maximum Gasteiger partial charge on any atom is 0.337 e. The van der Waals surface area contributed by atoms with E-state index < -0.39 is 41.9 Å². The molecule has 4 rings (SSSR count). The monoisotopic (exact) mass is 408 g/mol. The van der Waals surface area contributed by atoms with Crippen LogP contribution in [0.15, 0.2) is 23.5 Å². The third kappa shape index (κ3) is 4.00. The Balaban J connectivity index is 2.03. The Morgan fingerprint density at radius 2 is 2.03 bits per heavy atom. The van der Waals surface area contributed by atoms with Crippen LogP contribution in [0.25, 0.3) is 0 Å². The van der Waals surface area contributed by atoms with Crippen molar-refractivity contribution in [2.75, 3.05) is 7.11 Å². The average Bonchev–Trinajstić information content (AvgIpc) is 2.96. The van der Waals surface area contributed by atoms with Crippen molar-refractivity contribution >= 4 is 11.8 Å². The summed E-state index contributed by atoms with van der Waals surface area (Å²) in [6.45, 7) is 9.66. The third-order valence-electron chi connectivity index (χ3n) is 6.68. The number of fused-ring (bicyclic) bond motifs is 7. The molecule has 0 spiro atoms. The maximum absolute atomic E-state index is 12.9. The van der Waals surface area contributed by atoms with Gasteiger partial charge in [-0.2, -0.15) is 0 Å². The first-order valence-electron chi connectivity index (χ1n) is 10.4. The lowest BCUT2D eigenvalue weighted by molar-refractivity contribution is -0.153. The molecular weight excluding hydrogens is 376 g/mol. The van der Waals surface area contributed by atoms with Crippen molar-refractivity contribution in [1.82, 2.24) is 0 Å². The number of ketones is 1. The number of aliphatic hydroxyl groups excluding tert-OH is 2. The van der Waals surface area contributed by atoms with Gasteiger partial charge in [0.1, 0.15) is 24.1 Å². The summed E-state index contributed by atoms with van der Waals surface area (Å²) in [7, 11) is 1.42. The first kappa shape index (κ1) is 22.0. The maximum atomic E-state index is 12.9. The molecule has 0 aromatic rings. The average molecular weight is 408 g/mol. The van der Waals surface area contributed by atoms with Crippen molar-refractivity contribution in [1.29, 1.82) is 0 Å². The number of carbonyl (C=O) groups excluding carboxylic acids is 2. The zero-order chi connectivity index (χ0) is 21.5. The van der Waals surface area contributed by atoms with Gasteiger partial charge in [-0.1, -0.05) is 20.4 Å². The van der Waals surface area contributed by atoms with Crippen LogP contribution in [0.1, 0.15) is 52.9 Å². The molecule has 4 heterocycles. The van der Waals surface area contributed by atoms with Gasteiger partial charge in [0.05, 0.1) is 23.2 Å². The molecule has 0 radical (unpaired) electrons. The van der Waals surface area contributed by atoms with Crippen molar-refractivity contribution in [3.8, 4) is 0 Å². The molecule has 162 valence electrons. The molecule has 0 saturated carbocycles. The van der Waals surface area contributed by atoms with Gasteiger partial charge in [-0.05, 0) is 38.5 Å². The Morgan fingerprint density at radius 1 is 1.34 bits per heavy atom. The van der Waals surface area contributed by atoms with Gasteiger partial charge in [-0.25, -0.2) is 4.79 Å². The molecule has 0 unspecified atom stereocenters. The van der Waals surface area contributed by atoms with Gasteiger partial charge in [-0.3, -0.25) is 4.79 Å². The Hall–Kier alpha value is -1.70. The van der Waals surface area contributed by atoms with Gasteiger partial charge in [0, 0.05) is 19.1 Å². The van der Waals surface area contributed by atoms with E-state index in [1.807, 2.05) is 20.8 Å². The van der Waals surface area contributed by atoms with Crippen LogP contribution < -0.4 is 0 Å². The van der Waals surface area contributed by atoms with E-state index in [1.54, 1.807) is 0 Å². The molecule has 4 aliphatic rings. The van der Waals surface area contributed by atoms with E-state index in [2.05, 4.69) is 6.58 Å². The summed E-state index contributed by atoms with van der Waals surface area (Å²) in [5.41, 5.74) is -0.209. The summed E-state index contributed by atoms with van der Waals surface area (Å²) in [4.78, 5) is 25.5. The first-order valence-corrected chi connectivity index (χ1v) is 10.4. The van der Waals surface area contributed by atoms with E-state index in [1.165, 1.54) is 7.11 Å². The number of Topliss-reactive ketones (excluding diaryl/α,β-unsaturated/α-hetero) is 1. The molecule has 7 atom stereocenters. The number of ether oxygens (including phenoxy) is 3. The molecule has 0 aliphatic carbocycles. The van der Waals surface area contributed by atoms with Crippen LogP contribution in [0.4, 0.5) is 0 Å². The molecule has 2 saturated heterocycles. The second kappa shape index (κ2) is 8.20. The van der Waals surface area contributed by atoms with Gasteiger partial charge >= 0.3 is 5.97 Å². The number of carbonyl (C=O) groups is 2. The highest BCUT2D eigenvalue weighted by Gasteiger charge is 2.48. The quantitative estimate of drug-likeness (QED) is 0.535. The van der Waals surface area contributed by atoms with Crippen molar-refractivity contribution in [3.63, 3.8) is 0 Å². The molecule has 7 nitrogen and oxygen atoms in total. The second-order valence-electron chi connectivity index (χ2n) is 8.84. The number of rotatable bonds is 2. The molecule has 0 aromatic heterocycles. The topological polar surface area (TPSA) is 102 Å². The van der Waals surface area contributed by atoms with E-state index in [0.29, 0.717) is 25.7 Å². The number of methoxy groups -OCH3 is 1. The molecule has 7 heteroatoms. The minimum Gasteiger partial charge on any atom is -0.511 e. The number of hydrogen-bond acceptors (Lipinski definition) is 7. The molecule has 4 aliphatic heterocycles. The molecule has 4 bridgehead atoms. The lowest BCUT2D eigenvalue weighted by atomic mass is 9.84. The van der Waals surface area contributed by atoms with E-state index >= 15 is 0 Å². The van der Waals surface area contributed by atoms with Gasteiger partial charge < -0.3 is 24.4 Å². The van der Waals surface area contributed by atoms with Crippen LogP contribution in [0.3, 0.4) is 0 Å². The molecule has 2 fully saturated rings. The van der Waals surface area contributed by atoms with E-state index in [4.69, 9.17) is 14.2 Å². The first-order chi connectivity index (χ1) is 13.6. The third-order valence-corrected chi connectivity index (χ3v) is 6.68. The number of esters is 1. The van der Waals surface area contributed by atoms with Gasteiger partial charge in [-0.15, -0.1) is 0 Å². The fourth-order valence-corrected chi connectivity index (χ4v) is 5.04. The van der Waals surface area contributed by atoms with Gasteiger partial charge in [0.15, 0.2) is 5.78 Å². The fraction of sp³-hybridized carbons (Fsp3) is 0.727. The van der Waals surface area contributed by atoms with Gasteiger partial charge in [0.25, 0.3) is 0 Å². The smallest absolute Gasteiger partial charge is 0.337 e. The van der Waals surface area contributed by atoms with Crippen molar-refractivity contribution in [2.45, 2.75) is 82.9 Å². The van der Waals surface area contributed by atoms with E-state index in [9.17, 15) is 19.8 Å². The zero-order valence-corrected chi connectivity index (χ0v) is 17.6. The Kier molecular flexibility index (Phi) is 6.22. The number of hydrogen-bond donors (Lipinski definition) is 2. The molecular formula is C22H32O7. The predicted octanol–water partition coefficient (Wildman–Crippen LogP) is 2.62. The fourth-order valence-electron chi connectivity index (χ4n) is 5.04. The molecule has 0 amide bonds. The van der Waals surface area contributed by atoms with Crippen LogP contribution in [0.5, 0.6) is 0 Å². The highest BCUT2D eigenvalue weighted by Crippen LogP contribution is 2.43. The lowest BCUT2D eigenvalue weighted by Crippen LogP contribution is -2.45. The Morgan fingerprint density at radius 3 is 2.66 bits per heavy atom. The van der Waals surface area contributed by atoms with Crippen molar-refractivity contribution < 1.29 is 34.0 Å². The highest BCUT2D eigenvalue weighted by atomic mass is 16.6. The highest BCUT2D eigenvalue weighted by molar-refractivity contribution is 5.97. The van der Waals surface area contributed by atoms with Crippen LogP contribution in [-0.2, 0) is 23.8 Å². The minimum atomic E-state index is -1.04. The lowest BCUT2D eigenvalue weighted by Gasteiger charge is -2.35. The summed E-state index contributed by atoms with van der Waals surface area (Å²) in [5, 5.41) is 21.7. The Labute approximate surface area is 171 Å². The van der Waals surface area contributed by atoms with Crippen molar-refractivity contribution in [2.24, 2.45) is 11.8 Å². The van der Waals surface area contributed by atoms with Crippen LogP contribution >= 0.6 is 0 Å². The van der Waals surface area contributed by atoms with Gasteiger partial charge in [0.2, 0.25) is 0 Å².